The smallest absolute Gasteiger partial charge is 0.338 e. The van der Waals surface area contributed by atoms with Crippen molar-refractivity contribution in [3.63, 3.8) is 0 Å². The minimum Gasteiger partial charge on any atom is -0.452 e. The summed E-state index contributed by atoms with van der Waals surface area (Å²) in [6.07, 6.45) is -16.6. The zero-order valence-electron chi connectivity index (χ0n) is 55.4. The Morgan fingerprint density at radius 3 is 1.01 bits per heavy atom. The predicted molar refractivity (Wildman–Crippen MR) is 367 cm³/mol. The monoisotopic (exact) mass is 1340 g/mol. The topological polar surface area (TPSA) is 173 Å². The molecular formula is C82H84O17. The predicted octanol–water partition coefficient (Wildman–Crippen LogP) is 13.4. The van der Waals surface area contributed by atoms with Gasteiger partial charge >= 0.3 is 11.9 Å². The first-order valence-corrected chi connectivity index (χ1v) is 33.6. The van der Waals surface area contributed by atoms with Crippen LogP contribution in [-0.4, -0.2) is 124 Å². The lowest BCUT2D eigenvalue weighted by molar-refractivity contribution is -0.371. The summed E-state index contributed by atoms with van der Waals surface area (Å²) >= 11 is 0. The molecule has 9 aromatic rings. The average molecular weight is 1340 g/mol. The van der Waals surface area contributed by atoms with Crippen LogP contribution in [0.1, 0.15) is 66.6 Å². The van der Waals surface area contributed by atoms with Crippen LogP contribution >= 0.6 is 0 Å². The molecule has 3 aliphatic heterocycles. The number of hydrogen-bond acceptors (Lipinski definition) is 17. The fourth-order valence-electron chi connectivity index (χ4n) is 12.4. The highest BCUT2D eigenvalue weighted by Gasteiger charge is 2.57. The van der Waals surface area contributed by atoms with Crippen molar-refractivity contribution in [2.75, 3.05) is 20.3 Å². The van der Waals surface area contributed by atoms with Gasteiger partial charge < -0.3 is 71.1 Å². The molecule has 0 spiro atoms. The Morgan fingerprint density at radius 2 is 0.606 bits per heavy atom. The molecule has 514 valence electrons. The van der Waals surface area contributed by atoms with Crippen molar-refractivity contribution in [2.24, 2.45) is 0 Å². The highest BCUT2D eigenvalue weighted by atomic mass is 16.8. The second kappa shape index (κ2) is 36.5. The normalized spacial score (nSPS) is 25.3. The molecule has 3 heterocycles. The standard InChI is InChI=1S/C82H84O17/c1-57-69(87-49-59-32-14-4-15-33-59)72(89-51-61-36-18-6-19-37-61)76(92-54-64-42-24-9-25-43-64)82(94-57)99-71-67(55-86-48-58-30-12-3-13-31-58)96-81(77(98-79(84)66-46-28-11-29-47-66)74(71)97-78(83)65-44-26-10-27-45-65)93-56-68-70(88-50-60-34-16-5-17-35-60)73(90-52-62-38-20-7-21-39-62)75(80(85-2)95-68)91-53-63-40-22-8-23-41-63/h3-47,57,67-77,80-82H,48-56H2,1-2H3/t57-,67+,68+,69-,70+,71+,72+,73-,74-,75+,76+,77+,80-,81+,82-/m0/s1. The number of carbonyl (C=O) groups excluding carboxylic acids is 2. The van der Waals surface area contributed by atoms with Crippen molar-refractivity contribution in [3.8, 4) is 0 Å². The molecule has 0 amide bonds. The Hall–Kier alpha value is -8.60. The minimum atomic E-state index is -1.60. The number of methoxy groups -OCH3 is 1. The molecular weight excluding hydrogens is 1260 g/mol. The molecule has 3 saturated heterocycles. The first kappa shape index (κ1) is 70.3. The van der Waals surface area contributed by atoms with E-state index < -0.39 is 104 Å². The van der Waals surface area contributed by atoms with Gasteiger partial charge in [-0.2, -0.15) is 0 Å². The van der Waals surface area contributed by atoms with Crippen LogP contribution in [0.3, 0.4) is 0 Å². The third-order valence-electron chi connectivity index (χ3n) is 17.5. The van der Waals surface area contributed by atoms with Gasteiger partial charge in [0.25, 0.3) is 0 Å². The molecule has 0 N–H and O–H groups in total. The van der Waals surface area contributed by atoms with Gasteiger partial charge in [0.1, 0.15) is 54.9 Å². The van der Waals surface area contributed by atoms with E-state index in [1.807, 2.05) is 219 Å². The quantitative estimate of drug-likeness (QED) is 0.0364. The summed E-state index contributed by atoms with van der Waals surface area (Å²) in [4.78, 5) is 30.1. The van der Waals surface area contributed by atoms with Crippen LogP contribution in [0.15, 0.2) is 273 Å². The minimum absolute atomic E-state index is 0.103. The number of benzene rings is 9. The first-order valence-electron chi connectivity index (χ1n) is 33.6. The number of rotatable bonds is 32. The molecule has 0 unspecified atom stereocenters. The Balaban J connectivity index is 0.942. The first-order chi connectivity index (χ1) is 48.8. The SMILES string of the molecule is CO[C@H]1O[C@H](CO[C@@H]2O[C@H](COCc3ccccc3)[C@@H](O[C@@H]3O[C@@H](C)[C@H](OCc4ccccc4)[C@@H](OCc4ccccc4)[C@H]3OCc3ccccc3)[C@H](OC(=O)c3ccccc3)[C@H]2OC(=O)c2ccccc2)[C@@H](OCc2ccccc2)[C@H](OCc2ccccc2)[C@H]1OCc1ccccc1. The van der Waals surface area contributed by atoms with Crippen LogP contribution in [-0.2, 0) is 117 Å². The summed E-state index contributed by atoms with van der Waals surface area (Å²) in [5.41, 5.74) is 6.71. The van der Waals surface area contributed by atoms with Crippen LogP contribution < -0.4 is 0 Å². The third-order valence-corrected chi connectivity index (χ3v) is 17.5. The Labute approximate surface area is 578 Å². The highest BCUT2D eigenvalue weighted by molar-refractivity contribution is 5.90. The molecule has 0 aliphatic carbocycles. The molecule has 3 fully saturated rings. The molecule has 17 nitrogen and oxygen atoms in total. The van der Waals surface area contributed by atoms with E-state index in [2.05, 4.69) is 0 Å². The van der Waals surface area contributed by atoms with Crippen molar-refractivity contribution in [1.29, 1.82) is 0 Å². The van der Waals surface area contributed by atoms with E-state index in [4.69, 9.17) is 71.1 Å². The van der Waals surface area contributed by atoms with Crippen molar-refractivity contribution >= 4 is 11.9 Å². The van der Waals surface area contributed by atoms with E-state index in [1.54, 1.807) is 67.8 Å². The summed E-state index contributed by atoms with van der Waals surface area (Å²) in [7, 11) is 1.54. The van der Waals surface area contributed by atoms with Crippen molar-refractivity contribution in [2.45, 2.75) is 145 Å². The van der Waals surface area contributed by atoms with Crippen molar-refractivity contribution < 1.29 is 80.6 Å². The third kappa shape index (κ3) is 19.7. The maximum atomic E-state index is 15.1. The maximum Gasteiger partial charge on any atom is 0.338 e. The molecule has 17 heteroatoms. The van der Waals surface area contributed by atoms with E-state index in [0.717, 1.165) is 38.9 Å². The summed E-state index contributed by atoms with van der Waals surface area (Å²) in [5, 5.41) is 0. The summed E-state index contributed by atoms with van der Waals surface area (Å²) in [5.74, 6) is -1.54. The summed E-state index contributed by atoms with van der Waals surface area (Å²) in [6, 6.07) is 85.5. The van der Waals surface area contributed by atoms with Gasteiger partial charge in [0.05, 0.1) is 76.7 Å². The number of esters is 2. The summed E-state index contributed by atoms with van der Waals surface area (Å²) in [6.45, 7) is 2.58. The van der Waals surface area contributed by atoms with Crippen molar-refractivity contribution in [3.05, 3.63) is 323 Å². The molecule has 15 atom stereocenters. The molecule has 0 bridgehead atoms. The maximum absolute atomic E-state index is 15.1. The number of ether oxygens (including phenoxy) is 15. The van der Waals surface area contributed by atoms with Crippen LogP contribution in [0.2, 0.25) is 0 Å². The number of hydrogen-bond donors (Lipinski definition) is 0. The van der Waals surface area contributed by atoms with Crippen LogP contribution in [0.5, 0.6) is 0 Å². The van der Waals surface area contributed by atoms with E-state index in [0.29, 0.717) is 0 Å². The Morgan fingerprint density at radius 1 is 0.293 bits per heavy atom. The van der Waals surface area contributed by atoms with E-state index in [-0.39, 0.29) is 70.6 Å². The van der Waals surface area contributed by atoms with Gasteiger partial charge in [-0.15, -0.1) is 0 Å². The number of carbonyl (C=O) groups is 2. The van der Waals surface area contributed by atoms with Gasteiger partial charge in [0.2, 0.25) is 0 Å². The van der Waals surface area contributed by atoms with Crippen LogP contribution in [0, 0.1) is 0 Å². The van der Waals surface area contributed by atoms with E-state index in [1.165, 1.54) is 0 Å². The van der Waals surface area contributed by atoms with Crippen molar-refractivity contribution in [1.82, 2.24) is 0 Å². The van der Waals surface area contributed by atoms with Gasteiger partial charge in [0.15, 0.2) is 31.1 Å². The fraction of sp³-hybridized carbons (Fsp3) is 0.317. The highest BCUT2D eigenvalue weighted by Crippen LogP contribution is 2.39. The van der Waals surface area contributed by atoms with Gasteiger partial charge in [-0.1, -0.05) is 249 Å². The van der Waals surface area contributed by atoms with Crippen LogP contribution in [0.4, 0.5) is 0 Å². The second-order valence-corrected chi connectivity index (χ2v) is 24.5. The Kier molecular flexibility index (Phi) is 25.9. The second-order valence-electron chi connectivity index (χ2n) is 24.5. The zero-order chi connectivity index (χ0) is 67.8. The van der Waals surface area contributed by atoms with Crippen LogP contribution in [0.25, 0.3) is 0 Å². The Bertz CT molecular complexity index is 3780. The lowest BCUT2D eigenvalue weighted by atomic mass is 9.95. The molecule has 3 aliphatic rings. The van der Waals surface area contributed by atoms with E-state index in [9.17, 15) is 4.79 Å². The largest absolute Gasteiger partial charge is 0.452 e. The van der Waals surface area contributed by atoms with Gasteiger partial charge in [-0.05, 0) is 70.1 Å². The molecule has 9 aromatic carbocycles. The van der Waals surface area contributed by atoms with Gasteiger partial charge in [0, 0.05) is 7.11 Å². The molecule has 0 radical (unpaired) electrons. The van der Waals surface area contributed by atoms with E-state index >= 15 is 4.79 Å². The lowest BCUT2D eigenvalue weighted by Crippen LogP contribution is -2.66. The fourth-order valence-corrected chi connectivity index (χ4v) is 12.4. The summed E-state index contributed by atoms with van der Waals surface area (Å²) < 4.78 is 104. The van der Waals surface area contributed by atoms with Gasteiger partial charge in [-0.3, -0.25) is 0 Å². The average Bonchev–Trinajstić information content (AvgIpc) is 0.769. The molecule has 0 saturated carbocycles. The molecule has 99 heavy (non-hydrogen) atoms. The van der Waals surface area contributed by atoms with Gasteiger partial charge in [-0.25, -0.2) is 9.59 Å². The zero-order valence-corrected chi connectivity index (χ0v) is 55.4. The lowest BCUT2D eigenvalue weighted by Gasteiger charge is -2.50. The molecule has 0 aromatic heterocycles. The molecule has 12 rings (SSSR count).